The number of ether oxygens (including phenoxy) is 1. The zero-order valence-electron chi connectivity index (χ0n) is 15.0. The lowest BCUT2D eigenvalue weighted by atomic mass is 10.2. The molecular formula is C18H21N5O3. The van der Waals surface area contributed by atoms with Crippen LogP contribution < -0.4 is 0 Å². The molecule has 1 fully saturated rings. The quantitative estimate of drug-likeness (QED) is 0.717. The SMILES string of the molecule is Cc1cccc2nc(C(=O)N3CCOCC3c3nnc(C(C)C)o3)cn12. The molecule has 4 rings (SSSR count). The Bertz CT molecular complexity index is 945. The van der Waals surface area contributed by atoms with Crippen molar-refractivity contribution in [3.63, 3.8) is 0 Å². The topological polar surface area (TPSA) is 85.8 Å². The predicted octanol–water partition coefficient (Wildman–Crippen LogP) is 2.36. The van der Waals surface area contributed by atoms with Gasteiger partial charge in [-0.15, -0.1) is 10.2 Å². The van der Waals surface area contributed by atoms with E-state index in [0.29, 0.717) is 37.2 Å². The van der Waals surface area contributed by atoms with E-state index in [2.05, 4.69) is 15.2 Å². The summed E-state index contributed by atoms with van der Waals surface area (Å²) < 4.78 is 13.2. The van der Waals surface area contributed by atoms with Crippen molar-refractivity contribution in [3.8, 4) is 0 Å². The lowest BCUT2D eigenvalue weighted by Crippen LogP contribution is -2.43. The molecule has 136 valence electrons. The fourth-order valence-corrected chi connectivity index (χ4v) is 3.06. The van der Waals surface area contributed by atoms with Gasteiger partial charge in [0.2, 0.25) is 11.8 Å². The van der Waals surface area contributed by atoms with Gasteiger partial charge in [-0.1, -0.05) is 19.9 Å². The summed E-state index contributed by atoms with van der Waals surface area (Å²) in [6.45, 7) is 7.20. The second-order valence-corrected chi connectivity index (χ2v) is 6.74. The van der Waals surface area contributed by atoms with Gasteiger partial charge in [0.1, 0.15) is 17.4 Å². The normalized spacial score (nSPS) is 18.0. The number of carbonyl (C=O) groups excluding carboxylic acids is 1. The van der Waals surface area contributed by atoms with Crippen LogP contribution in [0.5, 0.6) is 0 Å². The zero-order chi connectivity index (χ0) is 18.3. The number of nitrogens with zero attached hydrogens (tertiary/aromatic N) is 5. The number of hydrogen-bond acceptors (Lipinski definition) is 6. The summed E-state index contributed by atoms with van der Waals surface area (Å²) in [5.41, 5.74) is 2.17. The van der Waals surface area contributed by atoms with Crippen LogP contribution in [-0.2, 0) is 4.74 Å². The van der Waals surface area contributed by atoms with Crippen molar-refractivity contribution >= 4 is 11.6 Å². The standard InChI is InChI=1S/C18H21N5O3/c1-11(2)16-20-21-17(26-16)14-10-25-8-7-22(14)18(24)13-9-23-12(3)5-4-6-15(23)19-13/h4-6,9,11,14H,7-8,10H2,1-3H3. The third kappa shape index (κ3) is 2.86. The minimum Gasteiger partial charge on any atom is -0.423 e. The molecule has 0 aliphatic carbocycles. The van der Waals surface area contributed by atoms with Gasteiger partial charge in [0.15, 0.2) is 0 Å². The van der Waals surface area contributed by atoms with Crippen LogP contribution in [0.1, 0.15) is 53.8 Å². The maximum atomic E-state index is 13.1. The summed E-state index contributed by atoms with van der Waals surface area (Å²) in [6.07, 6.45) is 1.77. The van der Waals surface area contributed by atoms with E-state index < -0.39 is 6.04 Å². The lowest BCUT2D eigenvalue weighted by Gasteiger charge is -2.32. The number of aromatic nitrogens is 4. The highest BCUT2D eigenvalue weighted by Crippen LogP contribution is 2.26. The van der Waals surface area contributed by atoms with Crippen molar-refractivity contribution in [1.82, 2.24) is 24.5 Å². The fraction of sp³-hybridized carbons (Fsp3) is 0.444. The molecule has 1 atom stereocenters. The van der Waals surface area contributed by atoms with Gasteiger partial charge in [-0.25, -0.2) is 4.98 Å². The average Bonchev–Trinajstić information content (AvgIpc) is 3.29. The van der Waals surface area contributed by atoms with E-state index in [-0.39, 0.29) is 11.8 Å². The minimum atomic E-state index is -0.401. The molecule has 0 N–H and O–H groups in total. The fourth-order valence-electron chi connectivity index (χ4n) is 3.06. The molecular weight excluding hydrogens is 334 g/mol. The first-order chi connectivity index (χ1) is 12.5. The van der Waals surface area contributed by atoms with Gasteiger partial charge in [0.05, 0.1) is 13.2 Å². The van der Waals surface area contributed by atoms with Gasteiger partial charge >= 0.3 is 0 Å². The number of rotatable bonds is 3. The van der Waals surface area contributed by atoms with Gasteiger partial charge in [-0.2, -0.15) is 0 Å². The Balaban J connectivity index is 1.66. The number of morpholine rings is 1. The number of pyridine rings is 1. The highest BCUT2D eigenvalue weighted by atomic mass is 16.5. The first-order valence-corrected chi connectivity index (χ1v) is 8.71. The van der Waals surface area contributed by atoms with E-state index in [1.54, 1.807) is 11.1 Å². The second-order valence-electron chi connectivity index (χ2n) is 6.74. The molecule has 26 heavy (non-hydrogen) atoms. The molecule has 3 aromatic rings. The summed E-state index contributed by atoms with van der Waals surface area (Å²) in [4.78, 5) is 19.3. The number of carbonyl (C=O) groups is 1. The third-order valence-corrected chi connectivity index (χ3v) is 4.54. The number of aryl methyl sites for hydroxylation is 1. The smallest absolute Gasteiger partial charge is 0.274 e. The first-order valence-electron chi connectivity index (χ1n) is 8.71. The number of imidazole rings is 1. The molecule has 8 heteroatoms. The Hall–Kier alpha value is -2.74. The maximum absolute atomic E-state index is 13.1. The van der Waals surface area contributed by atoms with E-state index in [4.69, 9.17) is 9.15 Å². The molecule has 3 aromatic heterocycles. The van der Waals surface area contributed by atoms with Crippen molar-refractivity contribution in [2.75, 3.05) is 19.8 Å². The predicted molar refractivity (Wildman–Crippen MR) is 92.9 cm³/mol. The van der Waals surface area contributed by atoms with Crippen molar-refractivity contribution in [2.24, 2.45) is 0 Å². The van der Waals surface area contributed by atoms with Crippen LogP contribution in [0, 0.1) is 6.92 Å². The molecule has 1 unspecified atom stereocenters. The molecule has 1 saturated heterocycles. The number of fused-ring (bicyclic) bond motifs is 1. The first kappa shape index (κ1) is 16.7. The van der Waals surface area contributed by atoms with Crippen LogP contribution in [0.25, 0.3) is 5.65 Å². The van der Waals surface area contributed by atoms with E-state index in [9.17, 15) is 4.79 Å². The van der Waals surface area contributed by atoms with Crippen LogP contribution in [0.3, 0.4) is 0 Å². The Morgan fingerprint density at radius 3 is 2.88 bits per heavy atom. The molecule has 0 aromatic carbocycles. The van der Waals surface area contributed by atoms with Crippen LogP contribution in [-0.4, -0.2) is 50.1 Å². The molecule has 1 aliphatic rings. The Morgan fingerprint density at radius 1 is 1.31 bits per heavy atom. The summed E-state index contributed by atoms with van der Waals surface area (Å²) in [6, 6.07) is 5.39. The summed E-state index contributed by atoms with van der Waals surface area (Å²) in [5, 5.41) is 8.20. The minimum absolute atomic E-state index is 0.131. The Morgan fingerprint density at radius 2 is 2.15 bits per heavy atom. The molecule has 0 spiro atoms. The van der Waals surface area contributed by atoms with E-state index >= 15 is 0 Å². The van der Waals surface area contributed by atoms with Crippen molar-refractivity contribution < 1.29 is 13.9 Å². The van der Waals surface area contributed by atoms with Crippen LogP contribution in [0.2, 0.25) is 0 Å². The van der Waals surface area contributed by atoms with Crippen LogP contribution in [0.15, 0.2) is 28.8 Å². The van der Waals surface area contributed by atoms with Crippen molar-refractivity contribution in [2.45, 2.75) is 32.7 Å². The van der Waals surface area contributed by atoms with Crippen molar-refractivity contribution in [1.29, 1.82) is 0 Å². The maximum Gasteiger partial charge on any atom is 0.274 e. The van der Waals surface area contributed by atoms with E-state index in [0.717, 1.165) is 11.3 Å². The van der Waals surface area contributed by atoms with Gasteiger partial charge in [-0.05, 0) is 19.1 Å². The van der Waals surface area contributed by atoms with Crippen molar-refractivity contribution in [3.05, 3.63) is 47.6 Å². The van der Waals surface area contributed by atoms with Gasteiger partial charge < -0.3 is 18.5 Å². The highest BCUT2D eigenvalue weighted by Gasteiger charge is 2.34. The highest BCUT2D eigenvalue weighted by molar-refractivity contribution is 5.93. The van der Waals surface area contributed by atoms with Gasteiger partial charge in [-0.3, -0.25) is 4.79 Å². The largest absolute Gasteiger partial charge is 0.423 e. The average molecular weight is 355 g/mol. The monoisotopic (exact) mass is 355 g/mol. The third-order valence-electron chi connectivity index (χ3n) is 4.54. The number of hydrogen-bond donors (Lipinski definition) is 0. The summed E-state index contributed by atoms with van der Waals surface area (Å²) in [7, 11) is 0. The molecule has 0 bridgehead atoms. The Kier molecular flexibility index (Phi) is 4.20. The van der Waals surface area contributed by atoms with Gasteiger partial charge in [0, 0.05) is 24.4 Å². The lowest BCUT2D eigenvalue weighted by molar-refractivity contribution is -0.0110. The second kappa shape index (κ2) is 6.53. The van der Waals surface area contributed by atoms with Gasteiger partial charge in [0.25, 0.3) is 5.91 Å². The number of amides is 1. The molecule has 1 amide bonds. The molecule has 4 heterocycles. The van der Waals surface area contributed by atoms with E-state index in [1.807, 2.05) is 43.4 Å². The summed E-state index contributed by atoms with van der Waals surface area (Å²) >= 11 is 0. The molecule has 0 radical (unpaired) electrons. The zero-order valence-corrected chi connectivity index (χ0v) is 15.0. The molecule has 0 saturated carbocycles. The summed E-state index contributed by atoms with van der Waals surface area (Å²) in [5.74, 6) is 0.931. The van der Waals surface area contributed by atoms with E-state index in [1.165, 1.54) is 0 Å². The van der Waals surface area contributed by atoms with Crippen LogP contribution in [0.4, 0.5) is 0 Å². The Labute approximate surface area is 150 Å². The molecule has 1 aliphatic heterocycles. The van der Waals surface area contributed by atoms with Crippen LogP contribution >= 0.6 is 0 Å². The molecule has 8 nitrogen and oxygen atoms in total.